The molecular weight excluding hydrogens is 353 g/mol. The van der Waals surface area contributed by atoms with Crippen molar-refractivity contribution >= 4 is 33.5 Å². The number of carboxylic acids is 1. The number of halogens is 3. The zero-order valence-corrected chi connectivity index (χ0v) is 12.5. The Bertz CT molecular complexity index is 694. The second-order valence-electron chi connectivity index (χ2n) is 3.82. The molecule has 2 rings (SSSR count). The Kier molecular flexibility index (Phi) is 4.25. The predicted molar refractivity (Wildman–Crippen MR) is 75.9 cm³/mol. The molecule has 0 atom stereocenters. The molecule has 0 spiro atoms. The van der Waals surface area contributed by atoms with Crippen molar-refractivity contribution in [3.63, 3.8) is 0 Å². The lowest BCUT2D eigenvalue weighted by molar-refractivity contribution is 0.0697. The lowest BCUT2D eigenvalue weighted by Crippen LogP contribution is -2.02. The van der Waals surface area contributed by atoms with E-state index in [0.717, 1.165) is 6.20 Å². The van der Waals surface area contributed by atoms with E-state index in [0.29, 0.717) is 4.60 Å². The SMILES string of the molecule is COc1cc(C(=O)O)c(-c2cc(Br)ncc2F)cc1Cl. The van der Waals surface area contributed by atoms with Gasteiger partial charge in [0.15, 0.2) is 0 Å². The second kappa shape index (κ2) is 5.76. The van der Waals surface area contributed by atoms with Crippen molar-refractivity contribution in [1.82, 2.24) is 4.98 Å². The number of methoxy groups -OCH3 is 1. The van der Waals surface area contributed by atoms with Crippen LogP contribution in [-0.4, -0.2) is 23.2 Å². The first-order chi connectivity index (χ1) is 9.43. The molecule has 0 saturated heterocycles. The number of benzene rings is 1. The third-order valence-corrected chi connectivity index (χ3v) is 3.36. The van der Waals surface area contributed by atoms with Crippen LogP contribution in [0.25, 0.3) is 11.1 Å². The monoisotopic (exact) mass is 359 g/mol. The van der Waals surface area contributed by atoms with Gasteiger partial charge in [0.05, 0.1) is 23.9 Å². The average molecular weight is 361 g/mol. The maximum atomic E-state index is 13.9. The lowest BCUT2D eigenvalue weighted by Gasteiger charge is -2.11. The summed E-state index contributed by atoms with van der Waals surface area (Å²) in [6.07, 6.45) is 1.00. The fourth-order valence-corrected chi connectivity index (χ4v) is 2.30. The van der Waals surface area contributed by atoms with Crippen molar-refractivity contribution in [3.8, 4) is 16.9 Å². The first kappa shape index (κ1) is 14.7. The van der Waals surface area contributed by atoms with E-state index in [-0.39, 0.29) is 27.5 Å². The number of carbonyl (C=O) groups is 1. The summed E-state index contributed by atoms with van der Waals surface area (Å²) in [5.41, 5.74) is 0.140. The smallest absolute Gasteiger partial charge is 0.336 e. The summed E-state index contributed by atoms with van der Waals surface area (Å²) in [6.45, 7) is 0. The molecule has 0 aliphatic heterocycles. The molecule has 0 amide bonds. The Morgan fingerprint density at radius 1 is 1.40 bits per heavy atom. The Morgan fingerprint density at radius 2 is 2.10 bits per heavy atom. The summed E-state index contributed by atoms with van der Waals surface area (Å²) in [7, 11) is 1.37. The van der Waals surface area contributed by atoms with Gasteiger partial charge in [0, 0.05) is 11.1 Å². The highest BCUT2D eigenvalue weighted by Crippen LogP contribution is 2.35. The summed E-state index contributed by atoms with van der Waals surface area (Å²) in [5, 5.41) is 9.44. The van der Waals surface area contributed by atoms with E-state index in [1.807, 2.05) is 0 Å². The van der Waals surface area contributed by atoms with Crippen molar-refractivity contribution in [3.05, 3.63) is 45.4 Å². The van der Waals surface area contributed by atoms with E-state index in [2.05, 4.69) is 20.9 Å². The molecule has 7 heteroatoms. The zero-order valence-electron chi connectivity index (χ0n) is 10.2. The normalized spacial score (nSPS) is 10.4. The highest BCUT2D eigenvalue weighted by Gasteiger charge is 2.19. The lowest BCUT2D eigenvalue weighted by atomic mass is 10.00. The summed E-state index contributed by atoms with van der Waals surface area (Å²) >= 11 is 9.10. The topological polar surface area (TPSA) is 59.4 Å². The third-order valence-electron chi connectivity index (χ3n) is 2.63. The second-order valence-corrected chi connectivity index (χ2v) is 5.04. The average Bonchev–Trinajstić information content (AvgIpc) is 2.41. The van der Waals surface area contributed by atoms with E-state index < -0.39 is 11.8 Å². The van der Waals surface area contributed by atoms with Crippen molar-refractivity contribution < 1.29 is 19.0 Å². The van der Waals surface area contributed by atoms with Gasteiger partial charge in [-0.25, -0.2) is 14.2 Å². The van der Waals surface area contributed by atoms with Gasteiger partial charge in [0.2, 0.25) is 0 Å². The molecule has 0 saturated carbocycles. The van der Waals surface area contributed by atoms with Crippen LogP contribution >= 0.6 is 27.5 Å². The van der Waals surface area contributed by atoms with Crippen LogP contribution in [0.4, 0.5) is 4.39 Å². The molecule has 0 radical (unpaired) electrons. The van der Waals surface area contributed by atoms with Gasteiger partial charge in [-0.3, -0.25) is 0 Å². The van der Waals surface area contributed by atoms with Gasteiger partial charge < -0.3 is 9.84 Å². The molecule has 0 aliphatic carbocycles. The molecule has 104 valence electrons. The third kappa shape index (κ3) is 2.76. The van der Waals surface area contributed by atoms with Crippen LogP contribution in [0.15, 0.2) is 29.0 Å². The molecule has 0 aliphatic rings. The fraction of sp³-hybridized carbons (Fsp3) is 0.0769. The van der Waals surface area contributed by atoms with E-state index in [9.17, 15) is 14.3 Å². The van der Waals surface area contributed by atoms with Gasteiger partial charge in [-0.05, 0) is 34.1 Å². The van der Waals surface area contributed by atoms with E-state index in [1.54, 1.807) is 0 Å². The molecular formula is C13H8BrClFNO3. The van der Waals surface area contributed by atoms with Crippen LogP contribution in [0.2, 0.25) is 5.02 Å². The number of ether oxygens (including phenoxy) is 1. The van der Waals surface area contributed by atoms with Gasteiger partial charge in [-0.2, -0.15) is 0 Å². The summed E-state index contributed by atoms with van der Waals surface area (Å²) in [4.78, 5) is 15.1. The highest BCUT2D eigenvalue weighted by molar-refractivity contribution is 9.10. The molecule has 0 fully saturated rings. The molecule has 20 heavy (non-hydrogen) atoms. The number of nitrogens with zero attached hydrogens (tertiary/aromatic N) is 1. The minimum atomic E-state index is -1.21. The number of aromatic carboxylic acids is 1. The quantitative estimate of drug-likeness (QED) is 0.840. The number of pyridine rings is 1. The first-order valence-corrected chi connectivity index (χ1v) is 6.53. The minimum Gasteiger partial charge on any atom is -0.495 e. The Balaban J connectivity index is 2.75. The molecule has 0 bridgehead atoms. The molecule has 1 N–H and O–H groups in total. The standard InChI is InChI=1S/C13H8BrClFNO3/c1-20-11-3-8(13(18)19)6(2-9(11)15)7-4-12(14)17-5-10(7)16/h2-5H,1H3,(H,18,19). The molecule has 1 aromatic carbocycles. The van der Waals surface area contributed by atoms with Crippen molar-refractivity contribution in [1.29, 1.82) is 0 Å². The van der Waals surface area contributed by atoms with Gasteiger partial charge in [0.1, 0.15) is 16.2 Å². The van der Waals surface area contributed by atoms with Crippen LogP contribution in [0.5, 0.6) is 5.75 Å². The van der Waals surface area contributed by atoms with E-state index >= 15 is 0 Å². The Labute approximate surface area is 127 Å². The molecule has 0 unspecified atom stereocenters. The summed E-state index contributed by atoms with van der Waals surface area (Å²) in [5.74, 6) is -1.64. The fourth-order valence-electron chi connectivity index (χ4n) is 1.73. The molecule has 1 heterocycles. The van der Waals surface area contributed by atoms with Gasteiger partial charge in [-0.15, -0.1) is 0 Å². The van der Waals surface area contributed by atoms with Crippen LogP contribution in [0, 0.1) is 5.82 Å². The van der Waals surface area contributed by atoms with Crippen LogP contribution < -0.4 is 4.74 Å². The maximum Gasteiger partial charge on any atom is 0.336 e. The number of aromatic nitrogens is 1. The van der Waals surface area contributed by atoms with Gasteiger partial charge in [0.25, 0.3) is 0 Å². The van der Waals surface area contributed by atoms with Gasteiger partial charge in [-0.1, -0.05) is 11.6 Å². The molecule has 1 aromatic heterocycles. The minimum absolute atomic E-state index is 0.0915. The van der Waals surface area contributed by atoms with E-state index in [1.165, 1.54) is 25.3 Å². The first-order valence-electron chi connectivity index (χ1n) is 5.36. The number of hydrogen-bond acceptors (Lipinski definition) is 3. The Hall–Kier alpha value is -1.66. The highest BCUT2D eigenvalue weighted by atomic mass is 79.9. The maximum absolute atomic E-state index is 13.9. The number of carboxylic acid groups (broad SMARTS) is 1. The predicted octanol–water partition coefficient (Wildman–Crippen LogP) is 4.01. The van der Waals surface area contributed by atoms with Crippen LogP contribution in [0.3, 0.4) is 0 Å². The summed E-state index contributed by atoms with van der Waals surface area (Å²) < 4.78 is 19.2. The molecule has 2 aromatic rings. The molecule has 4 nitrogen and oxygen atoms in total. The zero-order chi connectivity index (χ0) is 14.9. The largest absolute Gasteiger partial charge is 0.495 e. The van der Waals surface area contributed by atoms with Crippen LogP contribution in [0.1, 0.15) is 10.4 Å². The van der Waals surface area contributed by atoms with Crippen molar-refractivity contribution in [2.45, 2.75) is 0 Å². The van der Waals surface area contributed by atoms with Crippen molar-refractivity contribution in [2.24, 2.45) is 0 Å². The van der Waals surface area contributed by atoms with Gasteiger partial charge >= 0.3 is 5.97 Å². The number of rotatable bonds is 3. The summed E-state index contributed by atoms with van der Waals surface area (Å²) in [6, 6.07) is 4.00. The Morgan fingerprint density at radius 3 is 2.70 bits per heavy atom. The number of hydrogen-bond donors (Lipinski definition) is 1. The van der Waals surface area contributed by atoms with E-state index in [4.69, 9.17) is 16.3 Å². The van der Waals surface area contributed by atoms with Crippen molar-refractivity contribution in [2.75, 3.05) is 7.11 Å². The van der Waals surface area contributed by atoms with Crippen LogP contribution in [-0.2, 0) is 0 Å².